The van der Waals surface area contributed by atoms with Gasteiger partial charge in [-0.3, -0.25) is 9.69 Å². The molecule has 1 aliphatic rings. The number of nitrogens with zero attached hydrogens (tertiary/aromatic N) is 1. The molecule has 0 amide bonds. The molecule has 0 spiro atoms. The molecular weight excluding hydrogens is 174 g/mol. The van der Waals surface area contributed by atoms with E-state index in [2.05, 4.69) is 0 Å². The summed E-state index contributed by atoms with van der Waals surface area (Å²) in [6.07, 6.45) is -0.788. The van der Waals surface area contributed by atoms with Crippen LogP contribution < -0.4 is 0 Å². The number of likely N-dealkylation sites (tertiary alicyclic amines) is 1. The van der Waals surface area contributed by atoms with Gasteiger partial charge in [0.25, 0.3) is 0 Å². The van der Waals surface area contributed by atoms with Crippen molar-refractivity contribution in [1.82, 2.24) is 4.90 Å². The van der Waals surface area contributed by atoms with Crippen LogP contribution in [0.2, 0.25) is 0 Å². The van der Waals surface area contributed by atoms with Crippen LogP contribution >= 0.6 is 0 Å². The van der Waals surface area contributed by atoms with E-state index in [4.69, 9.17) is 9.84 Å². The van der Waals surface area contributed by atoms with E-state index in [-0.39, 0.29) is 12.6 Å². The summed E-state index contributed by atoms with van der Waals surface area (Å²) in [6, 6.07) is 0. The molecule has 76 valence electrons. The second-order valence-corrected chi connectivity index (χ2v) is 3.15. The molecule has 1 saturated heterocycles. The molecule has 1 rings (SSSR count). The zero-order valence-corrected chi connectivity index (χ0v) is 7.64. The van der Waals surface area contributed by atoms with E-state index in [0.29, 0.717) is 19.7 Å². The third kappa shape index (κ3) is 2.95. The predicted molar refractivity (Wildman–Crippen MR) is 45.5 cm³/mol. The lowest BCUT2D eigenvalue weighted by Gasteiger charge is -2.13. The standard InChI is InChI=1S/C8H15NO4/c1-2-13-7-4-9(3-6(7)10)5-8(11)12/h6-7,10H,2-5H2,1H3,(H,11,12)/t6-,7-/m0/s1. The fourth-order valence-electron chi connectivity index (χ4n) is 1.53. The Morgan fingerprint density at radius 1 is 1.62 bits per heavy atom. The van der Waals surface area contributed by atoms with Crippen molar-refractivity contribution >= 4 is 5.97 Å². The van der Waals surface area contributed by atoms with E-state index in [1.807, 2.05) is 6.92 Å². The molecule has 0 aromatic heterocycles. The van der Waals surface area contributed by atoms with E-state index in [9.17, 15) is 9.90 Å². The van der Waals surface area contributed by atoms with E-state index in [1.165, 1.54) is 0 Å². The van der Waals surface area contributed by atoms with Crippen molar-refractivity contribution in [1.29, 1.82) is 0 Å². The van der Waals surface area contributed by atoms with Gasteiger partial charge < -0.3 is 14.9 Å². The fraction of sp³-hybridized carbons (Fsp3) is 0.875. The minimum absolute atomic E-state index is 0.0271. The van der Waals surface area contributed by atoms with Crippen LogP contribution in [0.4, 0.5) is 0 Å². The van der Waals surface area contributed by atoms with Gasteiger partial charge >= 0.3 is 5.97 Å². The smallest absolute Gasteiger partial charge is 0.317 e. The van der Waals surface area contributed by atoms with Crippen molar-refractivity contribution in [3.8, 4) is 0 Å². The number of hydrogen-bond acceptors (Lipinski definition) is 4. The van der Waals surface area contributed by atoms with Crippen LogP contribution in [0.15, 0.2) is 0 Å². The number of ether oxygens (including phenoxy) is 1. The van der Waals surface area contributed by atoms with E-state index in [1.54, 1.807) is 4.90 Å². The van der Waals surface area contributed by atoms with Crippen molar-refractivity contribution < 1.29 is 19.7 Å². The normalized spacial score (nSPS) is 29.4. The Morgan fingerprint density at radius 2 is 2.31 bits per heavy atom. The number of aliphatic hydroxyl groups excluding tert-OH is 1. The molecule has 0 aliphatic carbocycles. The lowest BCUT2D eigenvalue weighted by atomic mass is 10.3. The highest BCUT2D eigenvalue weighted by Crippen LogP contribution is 2.12. The van der Waals surface area contributed by atoms with Gasteiger partial charge in [-0.25, -0.2) is 0 Å². The molecule has 2 N–H and O–H groups in total. The zero-order valence-electron chi connectivity index (χ0n) is 7.64. The lowest BCUT2D eigenvalue weighted by Crippen LogP contribution is -2.28. The average Bonchev–Trinajstić information content (AvgIpc) is 2.31. The largest absolute Gasteiger partial charge is 0.480 e. The first-order chi connectivity index (χ1) is 6.13. The Kier molecular flexibility index (Phi) is 3.65. The summed E-state index contributed by atoms with van der Waals surface area (Å²) in [5.41, 5.74) is 0. The maximum atomic E-state index is 10.4. The van der Waals surface area contributed by atoms with Gasteiger partial charge in [0.15, 0.2) is 0 Å². The maximum Gasteiger partial charge on any atom is 0.317 e. The molecule has 5 nitrogen and oxygen atoms in total. The summed E-state index contributed by atoms with van der Waals surface area (Å²) < 4.78 is 5.24. The molecule has 13 heavy (non-hydrogen) atoms. The van der Waals surface area contributed by atoms with Gasteiger partial charge in [0.2, 0.25) is 0 Å². The summed E-state index contributed by atoms with van der Waals surface area (Å²) in [4.78, 5) is 12.0. The molecule has 1 aliphatic heterocycles. The van der Waals surface area contributed by atoms with Crippen molar-refractivity contribution in [3.05, 3.63) is 0 Å². The highest BCUT2D eigenvalue weighted by molar-refractivity contribution is 5.69. The minimum atomic E-state index is -0.871. The number of carboxylic acid groups (broad SMARTS) is 1. The summed E-state index contributed by atoms with van der Waals surface area (Å²) in [5.74, 6) is -0.871. The van der Waals surface area contributed by atoms with Crippen molar-refractivity contribution in [2.75, 3.05) is 26.2 Å². The Hall–Kier alpha value is -0.650. The first-order valence-corrected chi connectivity index (χ1v) is 4.37. The van der Waals surface area contributed by atoms with Gasteiger partial charge in [-0.05, 0) is 6.92 Å². The minimum Gasteiger partial charge on any atom is -0.480 e. The van der Waals surface area contributed by atoms with Gasteiger partial charge in [-0.2, -0.15) is 0 Å². The number of rotatable bonds is 4. The first-order valence-electron chi connectivity index (χ1n) is 4.37. The molecule has 0 aromatic carbocycles. The van der Waals surface area contributed by atoms with Gasteiger partial charge in [-0.1, -0.05) is 0 Å². The second kappa shape index (κ2) is 4.55. The quantitative estimate of drug-likeness (QED) is 0.603. The van der Waals surface area contributed by atoms with Crippen LogP contribution in [0, 0.1) is 0 Å². The Bertz CT molecular complexity index is 185. The maximum absolute atomic E-state index is 10.4. The van der Waals surface area contributed by atoms with Crippen molar-refractivity contribution in [2.45, 2.75) is 19.1 Å². The van der Waals surface area contributed by atoms with Gasteiger partial charge in [0, 0.05) is 19.7 Å². The highest BCUT2D eigenvalue weighted by atomic mass is 16.5. The van der Waals surface area contributed by atoms with Crippen LogP contribution in [-0.4, -0.2) is 59.5 Å². The van der Waals surface area contributed by atoms with E-state index < -0.39 is 12.1 Å². The molecule has 1 heterocycles. The summed E-state index contributed by atoms with van der Waals surface area (Å²) in [5, 5.41) is 18.0. The summed E-state index contributed by atoms with van der Waals surface area (Å²) in [7, 11) is 0. The first kappa shape index (κ1) is 10.4. The SMILES string of the molecule is CCO[C@H]1CN(CC(=O)O)C[C@@H]1O. The van der Waals surface area contributed by atoms with E-state index >= 15 is 0 Å². The molecular formula is C8H15NO4. The number of carboxylic acids is 1. The Morgan fingerprint density at radius 3 is 2.85 bits per heavy atom. The van der Waals surface area contributed by atoms with Gasteiger partial charge in [0.05, 0.1) is 18.8 Å². The van der Waals surface area contributed by atoms with Crippen LogP contribution in [0.3, 0.4) is 0 Å². The van der Waals surface area contributed by atoms with Crippen LogP contribution in [0.1, 0.15) is 6.92 Å². The van der Waals surface area contributed by atoms with Gasteiger partial charge in [-0.15, -0.1) is 0 Å². The Balaban J connectivity index is 2.35. The van der Waals surface area contributed by atoms with Crippen molar-refractivity contribution in [2.24, 2.45) is 0 Å². The number of β-amino-alcohol motifs (C(OH)–C–C–N with tert-alkyl or cyclic N) is 1. The zero-order chi connectivity index (χ0) is 9.84. The van der Waals surface area contributed by atoms with E-state index in [0.717, 1.165) is 0 Å². The third-order valence-corrected chi connectivity index (χ3v) is 2.05. The van der Waals surface area contributed by atoms with Crippen molar-refractivity contribution in [3.63, 3.8) is 0 Å². The highest BCUT2D eigenvalue weighted by Gasteiger charge is 2.32. The van der Waals surface area contributed by atoms with Crippen LogP contribution in [0.25, 0.3) is 0 Å². The molecule has 5 heteroatoms. The molecule has 1 fully saturated rings. The molecule has 0 bridgehead atoms. The molecule has 0 unspecified atom stereocenters. The van der Waals surface area contributed by atoms with Gasteiger partial charge in [0.1, 0.15) is 0 Å². The second-order valence-electron chi connectivity index (χ2n) is 3.15. The number of aliphatic hydroxyl groups is 1. The third-order valence-electron chi connectivity index (χ3n) is 2.05. The monoisotopic (exact) mass is 189 g/mol. The van der Waals surface area contributed by atoms with Crippen LogP contribution in [0.5, 0.6) is 0 Å². The lowest BCUT2D eigenvalue weighted by molar-refractivity contribution is -0.138. The predicted octanol–water partition coefficient (Wildman–Crippen LogP) is -0.847. The fourth-order valence-corrected chi connectivity index (χ4v) is 1.53. The number of hydrogen-bond donors (Lipinski definition) is 2. The molecule has 0 radical (unpaired) electrons. The molecule has 0 aromatic rings. The topological polar surface area (TPSA) is 70.0 Å². The number of aliphatic carboxylic acids is 1. The summed E-state index contributed by atoms with van der Waals surface area (Å²) >= 11 is 0. The summed E-state index contributed by atoms with van der Waals surface area (Å²) in [6.45, 7) is 3.26. The Labute approximate surface area is 76.9 Å². The molecule has 2 atom stereocenters. The average molecular weight is 189 g/mol. The van der Waals surface area contributed by atoms with Crippen LogP contribution in [-0.2, 0) is 9.53 Å². The number of carbonyl (C=O) groups is 1. The molecule has 0 saturated carbocycles.